The molecule has 0 aliphatic rings. The summed E-state index contributed by atoms with van der Waals surface area (Å²) in [4.78, 5) is -0.581. The number of methoxy groups -OCH3 is 1. The number of alkyl halides is 2. The van der Waals surface area contributed by atoms with Gasteiger partial charge in [0.15, 0.2) is 5.60 Å². The largest absolute Gasteiger partial charge is 0.497 e. The Kier molecular flexibility index (Phi) is 6.05. The lowest BCUT2D eigenvalue weighted by atomic mass is 9.92. The minimum absolute atomic E-state index is 0.251. The van der Waals surface area contributed by atoms with Crippen molar-refractivity contribution in [2.45, 2.75) is 15.8 Å². The molecule has 1 unspecified atom stereocenters. The molecule has 0 radical (unpaired) electrons. The second-order valence-electron chi connectivity index (χ2n) is 6.57. The summed E-state index contributed by atoms with van der Waals surface area (Å²) in [6.07, 6.45) is 2.06. The molecule has 3 rings (SSSR count). The van der Waals surface area contributed by atoms with E-state index in [-0.39, 0.29) is 5.56 Å². The lowest BCUT2D eigenvalue weighted by Gasteiger charge is -2.33. The quantitative estimate of drug-likeness (QED) is 0.592. The van der Waals surface area contributed by atoms with Gasteiger partial charge in [0.25, 0.3) is 0 Å². The van der Waals surface area contributed by atoms with Gasteiger partial charge in [0, 0.05) is 0 Å². The summed E-state index contributed by atoms with van der Waals surface area (Å²) in [5, 5.41) is 6.58. The van der Waals surface area contributed by atoms with Crippen LogP contribution in [0.5, 0.6) is 5.75 Å². The minimum Gasteiger partial charge on any atom is -0.497 e. The monoisotopic (exact) mass is 430 g/mol. The molecule has 0 fully saturated rings. The number of hydrogen-bond donors (Lipinski definition) is 1. The number of sulfone groups is 1. The zero-order chi connectivity index (χ0) is 21.8. The first-order valence-corrected chi connectivity index (χ1v) is 10.5. The zero-order valence-electron chi connectivity index (χ0n) is 16.1. The molecule has 0 aromatic heterocycles. The highest BCUT2D eigenvalue weighted by atomic mass is 32.2. The maximum absolute atomic E-state index is 15.5. The summed E-state index contributed by atoms with van der Waals surface area (Å²) >= 11 is 0. The predicted octanol–water partition coefficient (Wildman–Crippen LogP) is 4.66. The van der Waals surface area contributed by atoms with Crippen LogP contribution in [0.1, 0.15) is 11.1 Å². The number of halogens is 2. The Morgan fingerprint density at radius 3 is 1.93 bits per heavy atom. The van der Waals surface area contributed by atoms with Crippen molar-refractivity contribution >= 4 is 15.9 Å². The molecule has 4 nitrogen and oxygen atoms in total. The summed E-state index contributed by atoms with van der Waals surface area (Å²) in [6.45, 7) is 0. The van der Waals surface area contributed by atoms with Gasteiger partial charge in [0.05, 0.1) is 12.0 Å². The fraction of sp³-hybridized carbons (Fsp3) is 0.130. The molecule has 0 bridgehead atoms. The second-order valence-corrected chi connectivity index (χ2v) is 8.56. The van der Waals surface area contributed by atoms with Gasteiger partial charge >= 0.3 is 5.25 Å². The average Bonchev–Trinajstić information content (AvgIpc) is 2.78. The van der Waals surface area contributed by atoms with E-state index in [1.807, 2.05) is 0 Å². The van der Waals surface area contributed by atoms with Crippen molar-refractivity contribution in [2.24, 2.45) is 0 Å². The van der Waals surface area contributed by atoms with E-state index in [2.05, 4.69) is 0 Å². The van der Waals surface area contributed by atoms with Crippen molar-refractivity contribution < 1.29 is 27.0 Å². The third kappa shape index (κ3) is 3.86. The summed E-state index contributed by atoms with van der Waals surface area (Å²) < 4.78 is 61.7. The molecule has 156 valence electrons. The highest BCUT2D eigenvalue weighted by Crippen LogP contribution is 2.45. The van der Waals surface area contributed by atoms with Crippen LogP contribution < -0.4 is 4.74 Å². The Hall–Kier alpha value is -3.03. The van der Waals surface area contributed by atoms with Crippen LogP contribution in [0.25, 0.3) is 6.08 Å². The van der Waals surface area contributed by atoms with Crippen LogP contribution in [0, 0.1) is 0 Å². The lowest BCUT2D eigenvalue weighted by Crippen LogP contribution is -2.49. The van der Waals surface area contributed by atoms with Crippen molar-refractivity contribution in [3.05, 3.63) is 102 Å². The molecule has 3 aromatic rings. The van der Waals surface area contributed by atoms with Gasteiger partial charge in [0.2, 0.25) is 9.84 Å². The van der Waals surface area contributed by atoms with E-state index in [9.17, 15) is 13.5 Å². The molecule has 0 heterocycles. The van der Waals surface area contributed by atoms with Crippen molar-refractivity contribution in [1.82, 2.24) is 0 Å². The van der Waals surface area contributed by atoms with Crippen molar-refractivity contribution in [2.75, 3.05) is 7.11 Å². The highest BCUT2D eigenvalue weighted by molar-refractivity contribution is 7.92. The van der Waals surface area contributed by atoms with E-state index in [0.29, 0.717) is 11.3 Å². The molecule has 0 spiro atoms. The molecular formula is C23H20F2O4S. The fourth-order valence-corrected chi connectivity index (χ4v) is 4.34. The lowest BCUT2D eigenvalue weighted by molar-refractivity contribution is -0.0991. The Morgan fingerprint density at radius 1 is 0.867 bits per heavy atom. The molecule has 30 heavy (non-hydrogen) atoms. The highest BCUT2D eigenvalue weighted by Gasteiger charge is 2.62. The standard InChI is InChI=1S/C23H20F2O4S/c1-29-20-14-12-18(13-15-20)16-17-22(26,19-8-4-2-5-9-19)23(24,25)30(27,28)21-10-6-3-7-11-21/h2-17,26H,1H3/b17-16+. The van der Waals surface area contributed by atoms with Gasteiger partial charge in [-0.3, -0.25) is 0 Å². The second kappa shape index (κ2) is 8.38. The van der Waals surface area contributed by atoms with Crippen LogP contribution in [-0.4, -0.2) is 25.9 Å². The number of aliphatic hydroxyl groups is 1. The summed E-state index contributed by atoms with van der Waals surface area (Å²) in [5.74, 6) is 0.572. The molecule has 7 heteroatoms. The van der Waals surface area contributed by atoms with Gasteiger partial charge in [0.1, 0.15) is 5.75 Å². The molecule has 3 aromatic carbocycles. The first-order chi connectivity index (χ1) is 14.2. The van der Waals surface area contributed by atoms with Crippen LogP contribution in [0.3, 0.4) is 0 Å². The summed E-state index contributed by atoms with van der Waals surface area (Å²) in [5.41, 5.74) is -2.87. The Balaban J connectivity index is 2.13. The third-order valence-corrected chi connectivity index (χ3v) is 6.56. The third-order valence-electron chi connectivity index (χ3n) is 4.68. The number of ether oxygens (including phenoxy) is 1. The molecule has 0 saturated heterocycles. The molecular weight excluding hydrogens is 410 g/mol. The van der Waals surface area contributed by atoms with Gasteiger partial charge in [-0.1, -0.05) is 66.7 Å². The van der Waals surface area contributed by atoms with Crippen molar-refractivity contribution in [1.29, 1.82) is 0 Å². The van der Waals surface area contributed by atoms with Crippen LogP contribution >= 0.6 is 0 Å². The molecule has 1 N–H and O–H groups in total. The normalized spacial score (nSPS) is 14.4. The van der Waals surface area contributed by atoms with Gasteiger partial charge < -0.3 is 9.84 Å². The summed E-state index contributed by atoms with van der Waals surface area (Å²) in [7, 11) is -3.72. The Morgan fingerprint density at radius 2 is 1.40 bits per heavy atom. The number of benzene rings is 3. The topological polar surface area (TPSA) is 63.6 Å². The molecule has 0 aliphatic carbocycles. The Labute approximate surface area is 174 Å². The van der Waals surface area contributed by atoms with E-state index in [1.54, 1.807) is 30.3 Å². The maximum atomic E-state index is 15.5. The molecule has 0 aliphatic heterocycles. The average molecular weight is 430 g/mol. The first-order valence-electron chi connectivity index (χ1n) is 9.01. The Bertz CT molecular complexity index is 1110. The van der Waals surface area contributed by atoms with Crippen LogP contribution in [0.2, 0.25) is 0 Å². The van der Waals surface area contributed by atoms with Crippen LogP contribution in [0.15, 0.2) is 95.9 Å². The maximum Gasteiger partial charge on any atom is 0.385 e. The fourth-order valence-electron chi connectivity index (χ4n) is 2.94. The molecule has 1 atom stereocenters. The predicted molar refractivity (Wildman–Crippen MR) is 111 cm³/mol. The van der Waals surface area contributed by atoms with Gasteiger partial charge in [-0.2, -0.15) is 8.78 Å². The first kappa shape index (κ1) is 21.7. The molecule has 0 amide bonds. The van der Waals surface area contributed by atoms with Crippen LogP contribution in [-0.2, 0) is 15.4 Å². The van der Waals surface area contributed by atoms with E-state index >= 15 is 8.78 Å². The number of hydrogen-bond acceptors (Lipinski definition) is 4. The van der Waals surface area contributed by atoms with Crippen molar-refractivity contribution in [3.8, 4) is 5.75 Å². The van der Waals surface area contributed by atoms with E-state index in [0.717, 1.165) is 18.2 Å². The van der Waals surface area contributed by atoms with E-state index in [1.165, 1.54) is 55.7 Å². The number of rotatable bonds is 7. The van der Waals surface area contributed by atoms with Gasteiger partial charge in [-0.15, -0.1) is 0 Å². The smallest absolute Gasteiger partial charge is 0.385 e. The zero-order valence-corrected chi connectivity index (χ0v) is 16.9. The van der Waals surface area contributed by atoms with Gasteiger partial charge in [-0.25, -0.2) is 8.42 Å². The minimum atomic E-state index is -5.21. The van der Waals surface area contributed by atoms with Gasteiger partial charge in [-0.05, 0) is 41.5 Å². The SMILES string of the molecule is COc1ccc(/C=C/C(O)(c2ccccc2)C(F)(F)S(=O)(=O)c2ccccc2)cc1. The molecule has 0 saturated carbocycles. The summed E-state index contributed by atoms with van der Waals surface area (Å²) in [6, 6.07) is 19.8. The van der Waals surface area contributed by atoms with E-state index in [4.69, 9.17) is 4.74 Å². The van der Waals surface area contributed by atoms with E-state index < -0.39 is 25.6 Å². The van der Waals surface area contributed by atoms with Crippen molar-refractivity contribution in [3.63, 3.8) is 0 Å². The van der Waals surface area contributed by atoms with Crippen LogP contribution in [0.4, 0.5) is 8.78 Å².